The fourth-order valence-corrected chi connectivity index (χ4v) is 2.54. The molecule has 2 heterocycles. The van der Waals surface area contributed by atoms with Gasteiger partial charge in [-0.2, -0.15) is 0 Å². The van der Waals surface area contributed by atoms with Gasteiger partial charge in [0.15, 0.2) is 0 Å². The van der Waals surface area contributed by atoms with E-state index in [0.717, 1.165) is 37.6 Å². The number of rotatable bonds is 4. The third-order valence-corrected chi connectivity index (χ3v) is 3.83. The second-order valence-corrected chi connectivity index (χ2v) is 6.95. The molecule has 0 spiro atoms. The fraction of sp³-hybridized carbons (Fsp3) is 0.706. The maximum Gasteiger partial charge on any atom is 0.129 e. The molecule has 1 aromatic rings. The van der Waals surface area contributed by atoms with Crippen molar-refractivity contribution in [3.63, 3.8) is 0 Å². The molecule has 1 N–H and O–H groups in total. The molecule has 1 aliphatic rings. The van der Waals surface area contributed by atoms with Crippen LogP contribution in [0.2, 0.25) is 0 Å². The molecule has 1 fully saturated rings. The van der Waals surface area contributed by atoms with E-state index in [1.165, 1.54) is 0 Å². The molecule has 2 rings (SSSR count). The van der Waals surface area contributed by atoms with Crippen LogP contribution in [0.3, 0.4) is 0 Å². The smallest absolute Gasteiger partial charge is 0.129 e. The molecule has 1 saturated heterocycles. The first-order valence-corrected chi connectivity index (χ1v) is 7.98. The number of hydrogen-bond acceptors (Lipinski definition) is 4. The van der Waals surface area contributed by atoms with Gasteiger partial charge in [0.1, 0.15) is 5.82 Å². The van der Waals surface area contributed by atoms with Gasteiger partial charge in [-0.3, -0.25) is 0 Å². The summed E-state index contributed by atoms with van der Waals surface area (Å²) in [6, 6.07) is 6.74. The van der Waals surface area contributed by atoms with Gasteiger partial charge in [0.2, 0.25) is 0 Å². The third kappa shape index (κ3) is 4.68. The summed E-state index contributed by atoms with van der Waals surface area (Å²) >= 11 is 0. The second kappa shape index (κ2) is 6.75. The first kappa shape index (κ1) is 16.2. The Bertz CT molecular complexity index is 456. The first-order chi connectivity index (χ1) is 9.89. The van der Waals surface area contributed by atoms with Gasteiger partial charge in [0.05, 0.1) is 24.4 Å². The highest BCUT2D eigenvalue weighted by molar-refractivity contribution is 5.41. The summed E-state index contributed by atoms with van der Waals surface area (Å²) < 4.78 is 5.77. The standard InChI is InChI=1S/C17H29N3O/c1-6-15-12-21-13(2)11-20(15)16-9-7-8-14(19-16)10-18-17(3,4)5/h7-9,13,15,18H,6,10-12H2,1-5H3. The van der Waals surface area contributed by atoms with E-state index in [1.807, 2.05) is 0 Å². The van der Waals surface area contributed by atoms with Crippen molar-refractivity contribution in [2.45, 2.75) is 65.3 Å². The Morgan fingerprint density at radius 2 is 2.14 bits per heavy atom. The van der Waals surface area contributed by atoms with Crippen molar-refractivity contribution in [2.75, 3.05) is 18.1 Å². The summed E-state index contributed by atoms with van der Waals surface area (Å²) in [7, 11) is 0. The Balaban J connectivity index is 2.11. The molecule has 0 aromatic carbocycles. The van der Waals surface area contributed by atoms with Crippen LogP contribution in [0.1, 0.15) is 46.7 Å². The summed E-state index contributed by atoms with van der Waals surface area (Å²) in [6.45, 7) is 13.4. The van der Waals surface area contributed by atoms with Gasteiger partial charge >= 0.3 is 0 Å². The molecule has 2 atom stereocenters. The SMILES string of the molecule is CCC1COC(C)CN1c1cccc(CNC(C)(C)C)n1. The third-order valence-electron chi connectivity index (χ3n) is 3.83. The molecule has 1 aromatic heterocycles. The summed E-state index contributed by atoms with van der Waals surface area (Å²) in [6.07, 6.45) is 1.35. The van der Waals surface area contributed by atoms with E-state index in [-0.39, 0.29) is 11.6 Å². The Morgan fingerprint density at radius 1 is 1.38 bits per heavy atom. The van der Waals surface area contributed by atoms with Gasteiger partial charge < -0.3 is 15.0 Å². The second-order valence-electron chi connectivity index (χ2n) is 6.95. The van der Waals surface area contributed by atoms with Crippen LogP contribution >= 0.6 is 0 Å². The molecular weight excluding hydrogens is 262 g/mol. The quantitative estimate of drug-likeness (QED) is 0.925. The van der Waals surface area contributed by atoms with Crippen molar-refractivity contribution < 1.29 is 4.74 Å². The summed E-state index contributed by atoms with van der Waals surface area (Å²) in [4.78, 5) is 7.24. The van der Waals surface area contributed by atoms with Crippen LogP contribution in [0, 0.1) is 0 Å². The number of ether oxygens (including phenoxy) is 1. The molecule has 1 aliphatic heterocycles. The molecule has 21 heavy (non-hydrogen) atoms. The van der Waals surface area contributed by atoms with Crippen molar-refractivity contribution >= 4 is 5.82 Å². The van der Waals surface area contributed by atoms with E-state index in [0.29, 0.717) is 6.04 Å². The minimum atomic E-state index is 0.108. The summed E-state index contributed by atoms with van der Waals surface area (Å²) in [5.41, 5.74) is 1.20. The van der Waals surface area contributed by atoms with Gasteiger partial charge in [0, 0.05) is 18.6 Å². The lowest BCUT2D eigenvalue weighted by Crippen LogP contribution is -2.49. The lowest BCUT2D eigenvalue weighted by molar-refractivity contribution is 0.0296. The van der Waals surface area contributed by atoms with Crippen LogP contribution in [-0.4, -0.2) is 35.8 Å². The molecule has 0 amide bonds. The number of nitrogens with zero attached hydrogens (tertiary/aromatic N) is 2. The highest BCUT2D eigenvalue weighted by Crippen LogP contribution is 2.22. The minimum Gasteiger partial charge on any atom is -0.375 e. The molecule has 0 radical (unpaired) electrons. The van der Waals surface area contributed by atoms with Crippen molar-refractivity contribution in [2.24, 2.45) is 0 Å². The van der Waals surface area contributed by atoms with Crippen LogP contribution in [-0.2, 0) is 11.3 Å². The van der Waals surface area contributed by atoms with Gasteiger partial charge in [-0.25, -0.2) is 4.98 Å². The average Bonchev–Trinajstić information content (AvgIpc) is 2.45. The van der Waals surface area contributed by atoms with Crippen LogP contribution in [0.15, 0.2) is 18.2 Å². The van der Waals surface area contributed by atoms with Crippen molar-refractivity contribution in [1.29, 1.82) is 0 Å². The molecular formula is C17H29N3O. The highest BCUT2D eigenvalue weighted by atomic mass is 16.5. The Morgan fingerprint density at radius 3 is 2.81 bits per heavy atom. The van der Waals surface area contributed by atoms with Crippen LogP contribution < -0.4 is 10.2 Å². The van der Waals surface area contributed by atoms with E-state index in [4.69, 9.17) is 9.72 Å². The minimum absolute atomic E-state index is 0.108. The molecule has 0 aliphatic carbocycles. The zero-order valence-corrected chi connectivity index (χ0v) is 14.0. The largest absolute Gasteiger partial charge is 0.375 e. The summed E-state index contributed by atoms with van der Waals surface area (Å²) in [5.74, 6) is 1.07. The zero-order chi connectivity index (χ0) is 15.5. The number of hydrogen-bond donors (Lipinski definition) is 1. The molecule has 118 valence electrons. The number of anilines is 1. The van der Waals surface area contributed by atoms with Crippen molar-refractivity contribution in [3.8, 4) is 0 Å². The molecule has 4 nitrogen and oxygen atoms in total. The number of aromatic nitrogens is 1. The zero-order valence-electron chi connectivity index (χ0n) is 14.0. The lowest BCUT2D eigenvalue weighted by Gasteiger charge is -2.39. The summed E-state index contributed by atoms with van der Waals surface area (Å²) in [5, 5.41) is 3.50. The van der Waals surface area contributed by atoms with Crippen LogP contribution in [0.5, 0.6) is 0 Å². The van der Waals surface area contributed by atoms with Crippen LogP contribution in [0.4, 0.5) is 5.82 Å². The Labute approximate surface area is 128 Å². The first-order valence-electron chi connectivity index (χ1n) is 7.98. The molecule has 0 saturated carbocycles. The van der Waals surface area contributed by atoms with E-state index in [2.05, 4.69) is 63.0 Å². The van der Waals surface area contributed by atoms with E-state index < -0.39 is 0 Å². The maximum atomic E-state index is 5.77. The van der Waals surface area contributed by atoms with Gasteiger partial charge in [0.25, 0.3) is 0 Å². The van der Waals surface area contributed by atoms with E-state index >= 15 is 0 Å². The Hall–Kier alpha value is -1.13. The topological polar surface area (TPSA) is 37.4 Å². The average molecular weight is 291 g/mol. The van der Waals surface area contributed by atoms with E-state index in [1.54, 1.807) is 0 Å². The number of morpholine rings is 1. The lowest BCUT2D eigenvalue weighted by atomic mass is 10.1. The predicted octanol–water partition coefficient (Wildman–Crippen LogP) is 2.97. The number of nitrogens with one attached hydrogen (secondary N) is 1. The molecule has 2 unspecified atom stereocenters. The van der Waals surface area contributed by atoms with Gasteiger partial charge in [-0.05, 0) is 46.2 Å². The Kier molecular flexibility index (Phi) is 5.22. The molecule has 0 bridgehead atoms. The van der Waals surface area contributed by atoms with Crippen molar-refractivity contribution in [3.05, 3.63) is 23.9 Å². The maximum absolute atomic E-state index is 5.77. The number of pyridine rings is 1. The normalized spacial score (nSPS) is 23.4. The molecule has 4 heteroatoms. The fourth-order valence-electron chi connectivity index (χ4n) is 2.54. The van der Waals surface area contributed by atoms with Crippen LogP contribution in [0.25, 0.3) is 0 Å². The van der Waals surface area contributed by atoms with Gasteiger partial charge in [-0.1, -0.05) is 13.0 Å². The highest BCUT2D eigenvalue weighted by Gasteiger charge is 2.26. The van der Waals surface area contributed by atoms with E-state index in [9.17, 15) is 0 Å². The van der Waals surface area contributed by atoms with Crippen molar-refractivity contribution in [1.82, 2.24) is 10.3 Å². The monoisotopic (exact) mass is 291 g/mol. The predicted molar refractivity (Wildman–Crippen MR) is 87.7 cm³/mol. The van der Waals surface area contributed by atoms with Gasteiger partial charge in [-0.15, -0.1) is 0 Å².